The highest BCUT2D eigenvalue weighted by Gasteiger charge is 2.29. The van der Waals surface area contributed by atoms with E-state index < -0.39 is 0 Å². The summed E-state index contributed by atoms with van der Waals surface area (Å²) in [5.74, 6) is 0.912. The molecule has 0 amide bonds. The Morgan fingerprint density at radius 2 is 1.90 bits per heavy atom. The fourth-order valence-electron chi connectivity index (χ4n) is 5.08. The molecule has 1 N–H and O–H groups in total. The number of ether oxygens (including phenoxy) is 1. The predicted molar refractivity (Wildman–Crippen MR) is 124 cm³/mol. The molecule has 1 aliphatic heterocycles. The number of nitrogens with zero attached hydrogens (tertiary/aromatic N) is 2. The molecule has 1 saturated carbocycles. The molecule has 0 atom stereocenters. The van der Waals surface area contributed by atoms with Crippen LogP contribution in [-0.4, -0.2) is 30.7 Å². The lowest BCUT2D eigenvalue weighted by Gasteiger charge is -2.41. The van der Waals surface area contributed by atoms with Crippen molar-refractivity contribution in [1.29, 1.82) is 0 Å². The van der Waals surface area contributed by atoms with E-state index >= 15 is 0 Å². The molecule has 1 fully saturated rings. The molecule has 4 nitrogen and oxygen atoms in total. The second kappa shape index (κ2) is 8.44. The van der Waals surface area contributed by atoms with Gasteiger partial charge in [0.1, 0.15) is 10.9 Å². The Bertz CT molecular complexity index is 1030. The van der Waals surface area contributed by atoms with Gasteiger partial charge >= 0.3 is 0 Å². The van der Waals surface area contributed by atoms with E-state index in [2.05, 4.69) is 45.5 Å². The van der Waals surface area contributed by atoms with Crippen LogP contribution in [0.5, 0.6) is 5.75 Å². The third kappa shape index (κ3) is 3.75. The van der Waals surface area contributed by atoms with Crippen molar-refractivity contribution >= 4 is 28.1 Å². The summed E-state index contributed by atoms with van der Waals surface area (Å²) in [7, 11) is 1.71. The highest BCUT2D eigenvalue weighted by Crippen LogP contribution is 2.39. The van der Waals surface area contributed by atoms with Crippen LogP contribution >= 0.6 is 11.6 Å². The number of halogens is 1. The quantitative estimate of drug-likeness (QED) is 0.562. The summed E-state index contributed by atoms with van der Waals surface area (Å²) < 4.78 is 5.25. The molecule has 1 aliphatic carbocycles. The molecule has 156 valence electrons. The van der Waals surface area contributed by atoms with Crippen molar-refractivity contribution in [2.45, 2.75) is 50.7 Å². The van der Waals surface area contributed by atoms with Crippen LogP contribution in [0.2, 0.25) is 5.15 Å². The third-order valence-electron chi connectivity index (χ3n) is 6.74. The van der Waals surface area contributed by atoms with Gasteiger partial charge in [0.2, 0.25) is 0 Å². The van der Waals surface area contributed by atoms with Gasteiger partial charge in [-0.15, -0.1) is 0 Å². The molecule has 30 heavy (non-hydrogen) atoms. The summed E-state index contributed by atoms with van der Waals surface area (Å²) in [6.07, 6.45) is 7.91. The van der Waals surface area contributed by atoms with Gasteiger partial charge in [0, 0.05) is 47.8 Å². The average molecular weight is 422 g/mol. The third-order valence-corrected chi connectivity index (χ3v) is 7.04. The van der Waals surface area contributed by atoms with Crippen LogP contribution in [-0.2, 0) is 13.0 Å². The Morgan fingerprint density at radius 3 is 2.67 bits per heavy atom. The highest BCUT2D eigenvalue weighted by molar-refractivity contribution is 6.34. The van der Waals surface area contributed by atoms with Crippen molar-refractivity contribution in [3.63, 3.8) is 0 Å². The molecule has 0 saturated heterocycles. The monoisotopic (exact) mass is 421 g/mol. The van der Waals surface area contributed by atoms with E-state index in [1.54, 1.807) is 7.11 Å². The number of methoxy groups -OCH3 is 1. The smallest absolute Gasteiger partial charge is 0.136 e. The first kappa shape index (κ1) is 19.7. The minimum absolute atomic E-state index is 0.592. The first-order valence-electron chi connectivity index (χ1n) is 10.9. The van der Waals surface area contributed by atoms with Crippen molar-refractivity contribution < 1.29 is 4.74 Å². The lowest BCUT2D eigenvalue weighted by Crippen LogP contribution is -2.44. The molecule has 1 aromatic heterocycles. The topological polar surface area (TPSA) is 37.4 Å². The average Bonchev–Trinajstić information content (AvgIpc) is 2.81. The molecular formula is C25H28ClN3O. The van der Waals surface area contributed by atoms with E-state index in [0.29, 0.717) is 17.2 Å². The van der Waals surface area contributed by atoms with Crippen LogP contribution in [0.3, 0.4) is 0 Å². The molecule has 0 bridgehead atoms. The van der Waals surface area contributed by atoms with Gasteiger partial charge in [0.05, 0.1) is 7.11 Å². The standard InChI is InChI=1S/C25H28ClN3O/c1-30-21-11-5-17(6-12-21)15-27-19-7-9-20(10-8-19)29-14-13-18-16-28-25(26)22-3-2-4-23(29)24(18)22/h2-6,11-12,16,19-20,27H,7-10,13-15H2,1H3. The zero-order valence-electron chi connectivity index (χ0n) is 17.4. The molecule has 3 aromatic rings. The Morgan fingerprint density at radius 1 is 1.10 bits per heavy atom. The van der Waals surface area contributed by atoms with E-state index in [4.69, 9.17) is 16.3 Å². The summed E-state index contributed by atoms with van der Waals surface area (Å²) >= 11 is 6.39. The number of hydrogen-bond donors (Lipinski definition) is 1. The van der Waals surface area contributed by atoms with Crippen molar-refractivity contribution in [1.82, 2.24) is 10.3 Å². The molecule has 2 aliphatic rings. The number of nitrogens with one attached hydrogen (secondary N) is 1. The van der Waals surface area contributed by atoms with Crippen LogP contribution < -0.4 is 15.0 Å². The maximum atomic E-state index is 6.39. The van der Waals surface area contributed by atoms with Gasteiger partial charge in [-0.25, -0.2) is 4.98 Å². The van der Waals surface area contributed by atoms with Crippen LogP contribution in [0.25, 0.3) is 10.8 Å². The SMILES string of the molecule is COc1ccc(CNC2CCC(N3CCc4cnc(Cl)c5cccc3c45)CC2)cc1. The van der Waals surface area contributed by atoms with Gasteiger partial charge in [-0.2, -0.15) is 0 Å². The maximum Gasteiger partial charge on any atom is 0.136 e. The molecule has 5 rings (SSSR count). The van der Waals surface area contributed by atoms with Crippen molar-refractivity contribution in [2.24, 2.45) is 0 Å². The lowest BCUT2D eigenvalue weighted by atomic mass is 9.88. The zero-order valence-corrected chi connectivity index (χ0v) is 18.2. The Balaban J connectivity index is 1.23. The van der Waals surface area contributed by atoms with Gasteiger partial charge in [-0.05, 0) is 61.4 Å². The first-order chi connectivity index (χ1) is 14.7. The van der Waals surface area contributed by atoms with Gasteiger partial charge in [-0.3, -0.25) is 0 Å². The fourth-order valence-corrected chi connectivity index (χ4v) is 5.29. The van der Waals surface area contributed by atoms with Crippen LogP contribution in [0, 0.1) is 0 Å². The molecule has 0 unspecified atom stereocenters. The number of hydrogen-bond acceptors (Lipinski definition) is 4. The molecule has 2 aromatic carbocycles. The number of anilines is 1. The molecule has 5 heteroatoms. The summed E-state index contributed by atoms with van der Waals surface area (Å²) in [6.45, 7) is 1.99. The number of benzene rings is 2. The number of pyridine rings is 1. The van der Waals surface area contributed by atoms with Crippen LogP contribution in [0.1, 0.15) is 36.8 Å². The van der Waals surface area contributed by atoms with E-state index in [9.17, 15) is 0 Å². The number of rotatable bonds is 5. The Hall–Kier alpha value is -2.30. The van der Waals surface area contributed by atoms with E-state index in [1.807, 2.05) is 18.3 Å². The minimum atomic E-state index is 0.592. The summed E-state index contributed by atoms with van der Waals surface area (Å²) in [4.78, 5) is 7.02. The van der Waals surface area contributed by atoms with Crippen LogP contribution in [0.15, 0.2) is 48.7 Å². The molecule has 0 spiro atoms. The van der Waals surface area contributed by atoms with Gasteiger partial charge < -0.3 is 15.0 Å². The van der Waals surface area contributed by atoms with E-state index in [0.717, 1.165) is 30.6 Å². The zero-order chi connectivity index (χ0) is 20.5. The van der Waals surface area contributed by atoms with Gasteiger partial charge in [0.15, 0.2) is 0 Å². The van der Waals surface area contributed by atoms with Gasteiger partial charge in [-0.1, -0.05) is 35.9 Å². The van der Waals surface area contributed by atoms with E-state index in [-0.39, 0.29) is 0 Å². The Kier molecular flexibility index (Phi) is 5.53. The summed E-state index contributed by atoms with van der Waals surface area (Å²) in [5.41, 5.74) is 3.98. The Labute approximate surface area is 183 Å². The fraction of sp³-hybridized carbons (Fsp3) is 0.400. The molecule has 2 heterocycles. The van der Waals surface area contributed by atoms with Gasteiger partial charge in [0.25, 0.3) is 0 Å². The summed E-state index contributed by atoms with van der Waals surface area (Å²) in [5, 5.41) is 6.77. The minimum Gasteiger partial charge on any atom is -0.497 e. The largest absolute Gasteiger partial charge is 0.497 e. The van der Waals surface area contributed by atoms with Crippen molar-refractivity contribution in [3.05, 3.63) is 64.9 Å². The second-order valence-electron chi connectivity index (χ2n) is 8.45. The molecule has 0 radical (unpaired) electrons. The highest BCUT2D eigenvalue weighted by atomic mass is 35.5. The van der Waals surface area contributed by atoms with Crippen molar-refractivity contribution in [3.8, 4) is 5.75 Å². The predicted octanol–water partition coefficient (Wildman–Crippen LogP) is 5.36. The summed E-state index contributed by atoms with van der Waals surface area (Å²) in [6, 6.07) is 16.0. The molecular weight excluding hydrogens is 394 g/mol. The lowest BCUT2D eigenvalue weighted by molar-refractivity contribution is 0.329. The van der Waals surface area contributed by atoms with Crippen LogP contribution in [0.4, 0.5) is 5.69 Å². The number of aromatic nitrogens is 1. The van der Waals surface area contributed by atoms with Crippen molar-refractivity contribution in [2.75, 3.05) is 18.6 Å². The first-order valence-corrected chi connectivity index (χ1v) is 11.3. The second-order valence-corrected chi connectivity index (χ2v) is 8.81. The maximum absolute atomic E-state index is 6.39. The van der Waals surface area contributed by atoms with E-state index in [1.165, 1.54) is 47.9 Å². The normalized spacial score (nSPS) is 21.1.